The first kappa shape index (κ1) is 13.8. The third kappa shape index (κ3) is 3.23. The minimum atomic E-state index is 0.186. The summed E-state index contributed by atoms with van der Waals surface area (Å²) < 4.78 is 0. The first-order valence-electron chi connectivity index (χ1n) is 7.24. The number of carbonyl (C=O) groups excluding carboxylic acids is 1. The molecule has 2 heterocycles. The predicted molar refractivity (Wildman–Crippen MR) is 73.4 cm³/mol. The van der Waals surface area contributed by atoms with Gasteiger partial charge in [-0.2, -0.15) is 0 Å². The highest BCUT2D eigenvalue weighted by molar-refractivity contribution is 5.79. The monoisotopic (exact) mass is 253 g/mol. The number of nitrogens with one attached hydrogen (secondary N) is 1. The van der Waals surface area contributed by atoms with E-state index in [4.69, 9.17) is 0 Å². The molecule has 2 aliphatic rings. The third-order valence-electron chi connectivity index (χ3n) is 4.41. The van der Waals surface area contributed by atoms with Crippen LogP contribution in [0.2, 0.25) is 0 Å². The molecular formula is C14H27N3O. The van der Waals surface area contributed by atoms with Gasteiger partial charge in [0.15, 0.2) is 0 Å². The third-order valence-corrected chi connectivity index (χ3v) is 4.41. The van der Waals surface area contributed by atoms with Crippen LogP contribution in [0.5, 0.6) is 0 Å². The average molecular weight is 253 g/mol. The lowest BCUT2D eigenvalue weighted by atomic mass is 9.90. The van der Waals surface area contributed by atoms with Gasteiger partial charge in [0.2, 0.25) is 5.91 Å². The number of likely N-dealkylation sites (tertiary alicyclic amines) is 1. The molecule has 2 saturated heterocycles. The van der Waals surface area contributed by atoms with Crippen molar-refractivity contribution in [1.82, 2.24) is 15.1 Å². The second kappa shape index (κ2) is 6.02. The molecule has 1 amide bonds. The first-order valence-corrected chi connectivity index (χ1v) is 7.24. The highest BCUT2D eigenvalue weighted by Crippen LogP contribution is 2.21. The van der Waals surface area contributed by atoms with E-state index in [0.717, 1.165) is 32.5 Å². The summed E-state index contributed by atoms with van der Waals surface area (Å²) in [6, 6.07) is 0.411. The van der Waals surface area contributed by atoms with Crippen molar-refractivity contribution in [2.24, 2.45) is 11.8 Å². The normalized spacial score (nSPS) is 34.3. The molecule has 104 valence electrons. The Morgan fingerprint density at radius 3 is 2.83 bits per heavy atom. The van der Waals surface area contributed by atoms with Crippen LogP contribution in [0.3, 0.4) is 0 Å². The van der Waals surface area contributed by atoms with Crippen molar-refractivity contribution in [2.45, 2.75) is 32.2 Å². The Kier molecular flexibility index (Phi) is 4.62. The minimum Gasteiger partial charge on any atom is -0.341 e. The molecule has 4 nitrogen and oxygen atoms in total. The van der Waals surface area contributed by atoms with E-state index in [9.17, 15) is 4.79 Å². The van der Waals surface area contributed by atoms with Crippen molar-refractivity contribution in [2.75, 3.05) is 40.3 Å². The summed E-state index contributed by atoms with van der Waals surface area (Å²) in [6.07, 6.45) is 3.40. The van der Waals surface area contributed by atoms with Crippen molar-refractivity contribution in [3.8, 4) is 0 Å². The molecular weight excluding hydrogens is 226 g/mol. The van der Waals surface area contributed by atoms with Gasteiger partial charge in [0, 0.05) is 26.2 Å². The molecule has 0 spiro atoms. The molecule has 3 atom stereocenters. The van der Waals surface area contributed by atoms with E-state index in [-0.39, 0.29) is 5.92 Å². The Labute approximate surface area is 111 Å². The molecule has 0 aliphatic carbocycles. The van der Waals surface area contributed by atoms with Crippen molar-refractivity contribution in [1.29, 1.82) is 0 Å². The van der Waals surface area contributed by atoms with Crippen LogP contribution in [0.25, 0.3) is 0 Å². The summed E-state index contributed by atoms with van der Waals surface area (Å²) >= 11 is 0. The molecule has 0 aromatic carbocycles. The Balaban J connectivity index is 1.91. The van der Waals surface area contributed by atoms with Gasteiger partial charge in [0.05, 0.1) is 5.92 Å². The first-order chi connectivity index (χ1) is 8.58. The van der Waals surface area contributed by atoms with E-state index in [1.54, 1.807) is 0 Å². The summed E-state index contributed by atoms with van der Waals surface area (Å²) in [4.78, 5) is 16.9. The van der Waals surface area contributed by atoms with E-state index < -0.39 is 0 Å². The molecule has 0 aromatic heterocycles. The van der Waals surface area contributed by atoms with Gasteiger partial charge in [-0.25, -0.2) is 0 Å². The SMILES string of the molecule is CC1CNCC(C(=O)N(C)C2CCCN(C)C2)C1. The van der Waals surface area contributed by atoms with E-state index >= 15 is 0 Å². The topological polar surface area (TPSA) is 35.6 Å². The largest absolute Gasteiger partial charge is 0.341 e. The highest BCUT2D eigenvalue weighted by Gasteiger charge is 2.31. The molecule has 2 rings (SSSR count). The zero-order valence-corrected chi connectivity index (χ0v) is 12.0. The van der Waals surface area contributed by atoms with Crippen molar-refractivity contribution in [3.05, 3.63) is 0 Å². The van der Waals surface area contributed by atoms with Crippen LogP contribution in [0.15, 0.2) is 0 Å². The zero-order valence-electron chi connectivity index (χ0n) is 12.0. The molecule has 2 fully saturated rings. The van der Waals surface area contributed by atoms with Crippen molar-refractivity contribution >= 4 is 5.91 Å². The lowest BCUT2D eigenvalue weighted by molar-refractivity contribution is -0.138. The molecule has 0 radical (unpaired) electrons. The Hall–Kier alpha value is -0.610. The maximum absolute atomic E-state index is 12.5. The predicted octanol–water partition coefficient (Wildman–Crippen LogP) is 0.785. The quantitative estimate of drug-likeness (QED) is 0.790. The Bertz CT molecular complexity index is 295. The summed E-state index contributed by atoms with van der Waals surface area (Å²) in [5.41, 5.74) is 0. The van der Waals surface area contributed by atoms with Crippen molar-refractivity contribution < 1.29 is 4.79 Å². The number of rotatable bonds is 2. The summed E-state index contributed by atoms with van der Waals surface area (Å²) in [6.45, 7) is 6.33. The summed E-state index contributed by atoms with van der Waals surface area (Å²) in [5.74, 6) is 1.15. The summed E-state index contributed by atoms with van der Waals surface area (Å²) in [7, 11) is 4.14. The van der Waals surface area contributed by atoms with Gasteiger partial charge in [0.1, 0.15) is 0 Å². The Morgan fingerprint density at radius 1 is 1.39 bits per heavy atom. The molecule has 0 aromatic rings. The van der Waals surface area contributed by atoms with Crippen LogP contribution in [0.4, 0.5) is 0 Å². The summed E-state index contributed by atoms with van der Waals surface area (Å²) in [5, 5.41) is 3.37. The van der Waals surface area contributed by atoms with Crippen LogP contribution in [-0.2, 0) is 4.79 Å². The molecule has 3 unspecified atom stereocenters. The lowest BCUT2D eigenvalue weighted by Gasteiger charge is -2.38. The van der Waals surface area contributed by atoms with E-state index in [1.807, 2.05) is 11.9 Å². The number of carbonyl (C=O) groups is 1. The standard InChI is InChI=1S/C14H27N3O/c1-11-7-12(9-15-8-11)14(18)17(3)13-5-4-6-16(2)10-13/h11-13,15H,4-10H2,1-3H3. The molecule has 1 N–H and O–H groups in total. The minimum absolute atomic E-state index is 0.186. The maximum atomic E-state index is 12.5. The highest BCUT2D eigenvalue weighted by atomic mass is 16.2. The van der Waals surface area contributed by atoms with Crippen molar-refractivity contribution in [3.63, 3.8) is 0 Å². The van der Waals surface area contributed by atoms with E-state index in [1.165, 1.54) is 13.0 Å². The van der Waals surface area contributed by atoms with Gasteiger partial charge < -0.3 is 15.1 Å². The average Bonchev–Trinajstić information content (AvgIpc) is 2.37. The van der Waals surface area contributed by atoms with Gasteiger partial charge in [0.25, 0.3) is 0 Å². The Morgan fingerprint density at radius 2 is 2.17 bits per heavy atom. The van der Waals surface area contributed by atoms with Crippen LogP contribution < -0.4 is 5.32 Å². The molecule has 0 saturated carbocycles. The number of hydrogen-bond donors (Lipinski definition) is 1. The zero-order chi connectivity index (χ0) is 13.1. The van der Waals surface area contributed by atoms with Crippen LogP contribution >= 0.6 is 0 Å². The maximum Gasteiger partial charge on any atom is 0.227 e. The number of amides is 1. The fourth-order valence-corrected chi connectivity index (χ4v) is 3.27. The lowest BCUT2D eigenvalue weighted by Crippen LogP contribution is -2.51. The van der Waals surface area contributed by atoms with Gasteiger partial charge in [-0.05, 0) is 45.3 Å². The van der Waals surface area contributed by atoms with E-state index in [0.29, 0.717) is 17.9 Å². The van der Waals surface area contributed by atoms with Crippen LogP contribution in [0, 0.1) is 11.8 Å². The van der Waals surface area contributed by atoms with Gasteiger partial charge in [-0.15, -0.1) is 0 Å². The number of piperidine rings is 2. The van der Waals surface area contributed by atoms with Gasteiger partial charge in [-0.3, -0.25) is 4.79 Å². The second-order valence-electron chi connectivity index (χ2n) is 6.20. The molecule has 18 heavy (non-hydrogen) atoms. The number of likely N-dealkylation sites (N-methyl/N-ethyl adjacent to an activating group) is 2. The molecule has 0 bridgehead atoms. The number of nitrogens with zero attached hydrogens (tertiary/aromatic N) is 2. The van der Waals surface area contributed by atoms with E-state index in [2.05, 4.69) is 24.2 Å². The van der Waals surface area contributed by atoms with Crippen LogP contribution in [0.1, 0.15) is 26.2 Å². The van der Waals surface area contributed by atoms with Gasteiger partial charge >= 0.3 is 0 Å². The fraction of sp³-hybridized carbons (Fsp3) is 0.929. The van der Waals surface area contributed by atoms with Crippen LogP contribution in [-0.4, -0.2) is 62.0 Å². The fourth-order valence-electron chi connectivity index (χ4n) is 3.27. The van der Waals surface area contributed by atoms with Gasteiger partial charge in [-0.1, -0.05) is 6.92 Å². The second-order valence-corrected chi connectivity index (χ2v) is 6.20. The molecule has 2 aliphatic heterocycles. The molecule has 4 heteroatoms. The smallest absolute Gasteiger partial charge is 0.227 e. The number of hydrogen-bond acceptors (Lipinski definition) is 3.